The zero-order valence-electron chi connectivity index (χ0n) is 12.6. The van der Waals surface area contributed by atoms with Gasteiger partial charge in [0.15, 0.2) is 9.84 Å². The number of sulfone groups is 1. The second-order valence-corrected chi connectivity index (χ2v) is 7.66. The molecule has 1 saturated carbocycles. The number of nitrogen functional groups attached to an aromatic ring is 1. The average Bonchev–Trinajstić information content (AvgIpc) is 2.48. The van der Waals surface area contributed by atoms with Crippen LogP contribution in [0.4, 0.5) is 5.95 Å². The Hall–Kier alpha value is -1.70. The van der Waals surface area contributed by atoms with E-state index in [1.54, 1.807) is 6.92 Å². The van der Waals surface area contributed by atoms with Crippen molar-refractivity contribution in [3.63, 3.8) is 0 Å². The smallest absolute Gasteiger partial charge is 0.341 e. The third-order valence-corrected chi connectivity index (χ3v) is 5.94. The second-order valence-electron chi connectivity index (χ2n) is 5.38. The molecule has 0 unspecified atom stereocenters. The predicted octanol–water partition coefficient (Wildman–Crippen LogP) is 1.48. The SMILES string of the molecule is CCOC(=O)c1cnc(N)nc1CS(=O)(=O)C1CCCCC1. The summed E-state index contributed by atoms with van der Waals surface area (Å²) < 4.78 is 30.0. The maximum atomic E-state index is 12.5. The topological polar surface area (TPSA) is 112 Å². The lowest BCUT2D eigenvalue weighted by Gasteiger charge is -2.21. The van der Waals surface area contributed by atoms with Gasteiger partial charge in [-0.2, -0.15) is 0 Å². The molecule has 1 aliphatic rings. The Morgan fingerprint density at radius 3 is 2.68 bits per heavy atom. The Labute approximate surface area is 130 Å². The van der Waals surface area contributed by atoms with E-state index in [2.05, 4.69) is 9.97 Å². The van der Waals surface area contributed by atoms with E-state index in [1.165, 1.54) is 6.20 Å². The molecule has 1 aromatic heterocycles. The summed E-state index contributed by atoms with van der Waals surface area (Å²) in [5.74, 6) is -0.989. The molecule has 1 aliphatic carbocycles. The highest BCUT2D eigenvalue weighted by Gasteiger charge is 2.30. The normalized spacial score (nSPS) is 16.4. The molecule has 2 N–H and O–H groups in total. The minimum Gasteiger partial charge on any atom is -0.462 e. The summed E-state index contributed by atoms with van der Waals surface area (Å²) in [6, 6.07) is 0. The molecule has 122 valence electrons. The van der Waals surface area contributed by atoms with Crippen LogP contribution in [0.5, 0.6) is 0 Å². The van der Waals surface area contributed by atoms with Gasteiger partial charge in [0.25, 0.3) is 0 Å². The van der Waals surface area contributed by atoms with Crippen molar-refractivity contribution in [1.82, 2.24) is 9.97 Å². The average molecular weight is 327 g/mol. The fourth-order valence-corrected chi connectivity index (χ4v) is 4.54. The molecule has 2 rings (SSSR count). The number of carbonyl (C=O) groups is 1. The molecule has 22 heavy (non-hydrogen) atoms. The van der Waals surface area contributed by atoms with Crippen LogP contribution in [0, 0.1) is 0 Å². The van der Waals surface area contributed by atoms with Crippen LogP contribution in [-0.4, -0.2) is 36.2 Å². The van der Waals surface area contributed by atoms with Crippen LogP contribution in [0.1, 0.15) is 55.1 Å². The van der Waals surface area contributed by atoms with Gasteiger partial charge in [-0.1, -0.05) is 19.3 Å². The highest BCUT2D eigenvalue weighted by atomic mass is 32.2. The van der Waals surface area contributed by atoms with Crippen LogP contribution in [0.15, 0.2) is 6.20 Å². The predicted molar refractivity (Wildman–Crippen MR) is 81.9 cm³/mol. The molecule has 0 aliphatic heterocycles. The number of rotatable bonds is 5. The van der Waals surface area contributed by atoms with E-state index in [0.29, 0.717) is 12.8 Å². The number of hydrogen-bond acceptors (Lipinski definition) is 7. The van der Waals surface area contributed by atoms with Gasteiger partial charge in [-0.05, 0) is 19.8 Å². The molecular formula is C14H21N3O4S. The lowest BCUT2D eigenvalue weighted by molar-refractivity contribution is 0.0524. The minimum absolute atomic E-state index is 0.0538. The standard InChI is InChI=1S/C14H21N3O4S/c1-2-21-13(18)11-8-16-14(15)17-12(11)9-22(19,20)10-6-4-3-5-7-10/h8,10H,2-7,9H2,1H3,(H2,15,16,17). The van der Waals surface area contributed by atoms with Crippen LogP contribution in [0.3, 0.4) is 0 Å². The van der Waals surface area contributed by atoms with Crippen LogP contribution < -0.4 is 5.73 Å². The molecular weight excluding hydrogens is 306 g/mol. The molecule has 1 heterocycles. The van der Waals surface area contributed by atoms with Gasteiger partial charge >= 0.3 is 5.97 Å². The number of nitrogens with two attached hydrogens (primary N) is 1. The summed E-state index contributed by atoms with van der Waals surface area (Å²) in [6.45, 7) is 1.87. The van der Waals surface area contributed by atoms with E-state index < -0.39 is 15.8 Å². The Kier molecular flexibility index (Phi) is 5.33. The zero-order chi connectivity index (χ0) is 16.2. The fraction of sp³-hybridized carbons (Fsp3) is 0.643. The number of aromatic nitrogens is 2. The first-order valence-electron chi connectivity index (χ1n) is 7.44. The summed E-state index contributed by atoms with van der Waals surface area (Å²) in [7, 11) is -3.38. The van der Waals surface area contributed by atoms with Gasteiger partial charge in [-0.3, -0.25) is 0 Å². The molecule has 1 fully saturated rings. The van der Waals surface area contributed by atoms with E-state index in [9.17, 15) is 13.2 Å². The van der Waals surface area contributed by atoms with Gasteiger partial charge in [-0.15, -0.1) is 0 Å². The number of nitrogens with zero attached hydrogens (tertiary/aromatic N) is 2. The lowest BCUT2D eigenvalue weighted by atomic mass is 10.0. The molecule has 8 heteroatoms. The summed E-state index contributed by atoms with van der Waals surface area (Å²) in [4.78, 5) is 19.6. The quantitative estimate of drug-likeness (QED) is 0.815. The summed E-state index contributed by atoms with van der Waals surface area (Å²) in [5.41, 5.74) is 5.72. The van der Waals surface area contributed by atoms with Gasteiger partial charge in [0.2, 0.25) is 5.95 Å². The molecule has 0 atom stereocenters. The maximum absolute atomic E-state index is 12.5. The molecule has 0 spiro atoms. The zero-order valence-corrected chi connectivity index (χ0v) is 13.4. The Morgan fingerprint density at radius 2 is 2.05 bits per heavy atom. The Morgan fingerprint density at radius 1 is 1.36 bits per heavy atom. The van der Waals surface area contributed by atoms with E-state index in [4.69, 9.17) is 10.5 Å². The minimum atomic E-state index is -3.38. The number of carbonyl (C=O) groups excluding carboxylic acids is 1. The monoisotopic (exact) mass is 327 g/mol. The Balaban J connectivity index is 2.27. The first-order valence-corrected chi connectivity index (χ1v) is 9.15. The second kappa shape index (κ2) is 7.04. The third kappa shape index (κ3) is 3.94. The number of esters is 1. The van der Waals surface area contributed by atoms with Gasteiger partial charge in [0, 0.05) is 6.20 Å². The highest BCUT2D eigenvalue weighted by molar-refractivity contribution is 7.91. The molecule has 0 radical (unpaired) electrons. The van der Waals surface area contributed by atoms with Crippen LogP contribution in [0.2, 0.25) is 0 Å². The molecule has 0 bridgehead atoms. The van der Waals surface area contributed by atoms with Crippen LogP contribution >= 0.6 is 0 Å². The van der Waals surface area contributed by atoms with Crippen molar-refractivity contribution in [2.45, 2.75) is 50.0 Å². The van der Waals surface area contributed by atoms with Crippen molar-refractivity contribution >= 4 is 21.8 Å². The van der Waals surface area contributed by atoms with Gasteiger partial charge in [0.1, 0.15) is 5.56 Å². The molecule has 0 saturated heterocycles. The van der Waals surface area contributed by atoms with Crippen molar-refractivity contribution in [2.75, 3.05) is 12.3 Å². The largest absolute Gasteiger partial charge is 0.462 e. The van der Waals surface area contributed by atoms with E-state index >= 15 is 0 Å². The van der Waals surface area contributed by atoms with Crippen molar-refractivity contribution in [3.05, 3.63) is 17.5 Å². The summed E-state index contributed by atoms with van der Waals surface area (Å²) in [5, 5.41) is -0.368. The third-order valence-electron chi connectivity index (χ3n) is 3.78. The first-order chi connectivity index (χ1) is 10.4. The van der Waals surface area contributed by atoms with Gasteiger partial charge in [0.05, 0.1) is 23.3 Å². The number of ether oxygens (including phenoxy) is 1. The molecule has 0 amide bonds. The van der Waals surface area contributed by atoms with E-state index in [0.717, 1.165) is 19.3 Å². The summed E-state index contributed by atoms with van der Waals surface area (Å²) in [6.07, 6.45) is 5.46. The van der Waals surface area contributed by atoms with E-state index in [1.807, 2.05) is 0 Å². The van der Waals surface area contributed by atoms with Crippen molar-refractivity contribution in [1.29, 1.82) is 0 Å². The fourth-order valence-electron chi connectivity index (χ4n) is 2.65. The van der Waals surface area contributed by atoms with Crippen molar-refractivity contribution in [3.8, 4) is 0 Å². The van der Waals surface area contributed by atoms with Crippen LogP contribution in [-0.2, 0) is 20.3 Å². The summed E-state index contributed by atoms with van der Waals surface area (Å²) >= 11 is 0. The highest BCUT2D eigenvalue weighted by Crippen LogP contribution is 2.26. The molecule has 0 aromatic carbocycles. The molecule has 7 nitrogen and oxygen atoms in total. The Bertz CT molecular complexity index is 639. The number of hydrogen-bond donors (Lipinski definition) is 1. The maximum Gasteiger partial charge on any atom is 0.341 e. The van der Waals surface area contributed by atoms with Crippen molar-refractivity contribution < 1.29 is 17.9 Å². The lowest BCUT2D eigenvalue weighted by Crippen LogP contribution is -2.27. The molecule has 1 aromatic rings. The van der Waals surface area contributed by atoms with Gasteiger partial charge in [-0.25, -0.2) is 23.2 Å². The first kappa shape index (κ1) is 16.7. The number of anilines is 1. The van der Waals surface area contributed by atoms with E-state index in [-0.39, 0.29) is 34.8 Å². The van der Waals surface area contributed by atoms with Gasteiger partial charge < -0.3 is 10.5 Å². The van der Waals surface area contributed by atoms with Crippen LogP contribution in [0.25, 0.3) is 0 Å². The van der Waals surface area contributed by atoms with Crippen molar-refractivity contribution in [2.24, 2.45) is 0 Å².